The van der Waals surface area contributed by atoms with Crippen molar-refractivity contribution in [2.75, 3.05) is 13.7 Å². The van der Waals surface area contributed by atoms with Crippen LogP contribution in [-0.2, 0) is 5.60 Å². The van der Waals surface area contributed by atoms with Gasteiger partial charge in [-0.15, -0.1) is 0 Å². The van der Waals surface area contributed by atoms with Crippen molar-refractivity contribution in [3.05, 3.63) is 59.9 Å². The van der Waals surface area contributed by atoms with E-state index in [4.69, 9.17) is 4.74 Å². The van der Waals surface area contributed by atoms with Crippen LogP contribution in [0.25, 0.3) is 0 Å². The molecular formula is C19H22N2O3. The number of rotatable bonds is 4. The van der Waals surface area contributed by atoms with Crippen molar-refractivity contribution in [2.45, 2.75) is 31.4 Å². The summed E-state index contributed by atoms with van der Waals surface area (Å²) in [5.74, 6) is 0.656. The van der Waals surface area contributed by atoms with E-state index < -0.39 is 5.60 Å². The zero-order valence-electron chi connectivity index (χ0n) is 14.0. The minimum absolute atomic E-state index is 0.0839. The first-order valence-electron chi connectivity index (χ1n) is 8.12. The molecule has 0 spiro atoms. The van der Waals surface area contributed by atoms with Gasteiger partial charge in [-0.05, 0) is 49.6 Å². The Bertz CT molecular complexity index is 698. The molecule has 2 atom stereocenters. The van der Waals surface area contributed by atoms with Crippen molar-refractivity contribution in [3.63, 3.8) is 0 Å². The monoisotopic (exact) mass is 326 g/mol. The van der Waals surface area contributed by atoms with Crippen molar-refractivity contribution >= 4 is 5.91 Å². The number of carbonyl (C=O) groups excluding carboxylic acids is 1. The standard InChI is InChI=1S/C19H22N2O3/c1-19(23,15-7-9-16(24-2)10-8-15)17-6-4-12-21(17)18(22)14-5-3-11-20-13-14/h3,5,7-11,13,17,23H,4,6,12H2,1-2H3/t17-,19+/m1/s1. The predicted octanol–water partition coefficient (Wildman–Crippen LogP) is 2.60. The fourth-order valence-corrected chi connectivity index (χ4v) is 3.37. The van der Waals surface area contributed by atoms with Crippen molar-refractivity contribution < 1.29 is 14.6 Å². The van der Waals surface area contributed by atoms with Gasteiger partial charge in [0.1, 0.15) is 11.4 Å². The van der Waals surface area contributed by atoms with Gasteiger partial charge in [-0.1, -0.05) is 12.1 Å². The van der Waals surface area contributed by atoms with Gasteiger partial charge in [0, 0.05) is 18.9 Å². The summed E-state index contributed by atoms with van der Waals surface area (Å²) in [7, 11) is 1.61. The van der Waals surface area contributed by atoms with Gasteiger partial charge in [0.25, 0.3) is 5.91 Å². The molecule has 126 valence electrons. The summed E-state index contributed by atoms with van der Waals surface area (Å²) < 4.78 is 5.17. The molecule has 24 heavy (non-hydrogen) atoms. The molecule has 0 bridgehead atoms. The number of carbonyl (C=O) groups is 1. The van der Waals surface area contributed by atoms with Crippen LogP contribution in [0, 0.1) is 0 Å². The van der Waals surface area contributed by atoms with Crippen LogP contribution in [-0.4, -0.2) is 40.6 Å². The Morgan fingerprint density at radius 2 is 2.08 bits per heavy atom. The van der Waals surface area contributed by atoms with Crippen LogP contribution in [0.4, 0.5) is 0 Å². The minimum atomic E-state index is -1.12. The van der Waals surface area contributed by atoms with Crippen LogP contribution < -0.4 is 4.74 Å². The van der Waals surface area contributed by atoms with Crippen molar-refractivity contribution in [2.24, 2.45) is 0 Å². The highest BCUT2D eigenvalue weighted by Crippen LogP contribution is 2.36. The molecule has 0 unspecified atom stereocenters. The number of nitrogens with zero attached hydrogens (tertiary/aromatic N) is 2. The quantitative estimate of drug-likeness (QED) is 0.938. The number of aromatic nitrogens is 1. The third kappa shape index (κ3) is 2.99. The average Bonchev–Trinajstić information content (AvgIpc) is 3.12. The van der Waals surface area contributed by atoms with E-state index in [2.05, 4.69) is 4.98 Å². The van der Waals surface area contributed by atoms with Gasteiger partial charge in [0.05, 0.1) is 18.7 Å². The average molecular weight is 326 g/mol. The van der Waals surface area contributed by atoms with Gasteiger partial charge in [-0.3, -0.25) is 9.78 Å². The Labute approximate surface area is 141 Å². The maximum atomic E-state index is 12.8. The van der Waals surface area contributed by atoms with E-state index in [1.807, 2.05) is 24.3 Å². The Morgan fingerprint density at radius 1 is 1.33 bits per heavy atom. The molecule has 1 fully saturated rings. The van der Waals surface area contributed by atoms with E-state index in [1.54, 1.807) is 43.5 Å². The zero-order chi connectivity index (χ0) is 17.2. The van der Waals surface area contributed by atoms with Crippen LogP contribution in [0.5, 0.6) is 5.75 Å². The molecule has 5 heteroatoms. The second-order valence-corrected chi connectivity index (χ2v) is 6.27. The first-order valence-corrected chi connectivity index (χ1v) is 8.12. The Kier molecular flexibility index (Phi) is 4.53. The molecule has 5 nitrogen and oxygen atoms in total. The summed E-state index contributed by atoms with van der Waals surface area (Å²) in [6.45, 7) is 2.42. The van der Waals surface area contributed by atoms with Gasteiger partial charge in [-0.2, -0.15) is 0 Å². The molecule has 0 aliphatic carbocycles. The maximum Gasteiger partial charge on any atom is 0.255 e. The molecule has 0 saturated carbocycles. The molecule has 1 N–H and O–H groups in total. The van der Waals surface area contributed by atoms with Crippen LogP contribution in [0.2, 0.25) is 0 Å². The first kappa shape index (κ1) is 16.5. The van der Waals surface area contributed by atoms with Crippen LogP contribution in [0.3, 0.4) is 0 Å². The molecular weight excluding hydrogens is 304 g/mol. The lowest BCUT2D eigenvalue weighted by Gasteiger charge is -2.37. The SMILES string of the molecule is COc1ccc([C@](C)(O)[C@H]2CCCN2C(=O)c2cccnc2)cc1. The molecule has 1 saturated heterocycles. The predicted molar refractivity (Wildman–Crippen MR) is 90.9 cm³/mol. The normalized spacial score (nSPS) is 19.8. The molecule has 2 aromatic rings. The smallest absolute Gasteiger partial charge is 0.255 e. The van der Waals surface area contributed by atoms with Crippen LogP contribution in [0.1, 0.15) is 35.7 Å². The number of likely N-dealkylation sites (tertiary alicyclic amines) is 1. The number of ether oxygens (including phenoxy) is 1. The lowest BCUT2D eigenvalue weighted by molar-refractivity contribution is -0.0177. The number of hydrogen-bond donors (Lipinski definition) is 1. The second kappa shape index (κ2) is 6.61. The van der Waals surface area contributed by atoms with Crippen molar-refractivity contribution in [3.8, 4) is 5.75 Å². The summed E-state index contributed by atoms with van der Waals surface area (Å²) in [6.07, 6.45) is 4.86. The molecule has 1 aromatic heterocycles. The van der Waals surface area contributed by atoms with E-state index in [0.717, 1.165) is 24.2 Å². The summed E-state index contributed by atoms with van der Waals surface area (Å²) in [4.78, 5) is 18.6. The number of methoxy groups -OCH3 is 1. The summed E-state index contributed by atoms with van der Waals surface area (Å²) in [5, 5.41) is 11.2. The van der Waals surface area contributed by atoms with Gasteiger partial charge in [-0.25, -0.2) is 0 Å². The Morgan fingerprint density at radius 3 is 2.71 bits per heavy atom. The number of pyridine rings is 1. The highest BCUT2D eigenvalue weighted by molar-refractivity contribution is 5.94. The highest BCUT2D eigenvalue weighted by atomic mass is 16.5. The number of benzene rings is 1. The number of aliphatic hydroxyl groups is 1. The van der Waals surface area contributed by atoms with Gasteiger partial charge >= 0.3 is 0 Å². The third-order valence-corrected chi connectivity index (χ3v) is 4.75. The topological polar surface area (TPSA) is 62.7 Å². The largest absolute Gasteiger partial charge is 0.497 e. The molecule has 0 radical (unpaired) electrons. The zero-order valence-corrected chi connectivity index (χ0v) is 14.0. The lowest BCUT2D eigenvalue weighted by atomic mass is 9.86. The van der Waals surface area contributed by atoms with E-state index >= 15 is 0 Å². The van der Waals surface area contributed by atoms with E-state index in [9.17, 15) is 9.90 Å². The minimum Gasteiger partial charge on any atom is -0.497 e. The molecule has 1 aliphatic heterocycles. The second-order valence-electron chi connectivity index (χ2n) is 6.27. The van der Waals surface area contributed by atoms with Gasteiger partial charge < -0.3 is 14.7 Å². The van der Waals surface area contributed by atoms with Crippen LogP contribution >= 0.6 is 0 Å². The van der Waals surface area contributed by atoms with Crippen molar-refractivity contribution in [1.82, 2.24) is 9.88 Å². The Hall–Kier alpha value is -2.40. The molecule has 2 heterocycles. The van der Waals surface area contributed by atoms with Crippen molar-refractivity contribution in [1.29, 1.82) is 0 Å². The summed E-state index contributed by atoms with van der Waals surface area (Å²) >= 11 is 0. The Balaban J connectivity index is 1.87. The highest BCUT2D eigenvalue weighted by Gasteiger charge is 2.42. The first-order chi connectivity index (χ1) is 11.5. The molecule has 1 aliphatic rings. The van der Waals surface area contributed by atoms with Gasteiger partial charge in [0.2, 0.25) is 0 Å². The summed E-state index contributed by atoms with van der Waals surface area (Å²) in [5.41, 5.74) is 0.204. The number of amides is 1. The fourth-order valence-electron chi connectivity index (χ4n) is 3.37. The molecule has 1 aromatic carbocycles. The molecule has 3 rings (SSSR count). The molecule has 1 amide bonds. The van der Waals surface area contributed by atoms with Gasteiger partial charge in [0.15, 0.2) is 0 Å². The van der Waals surface area contributed by atoms with E-state index in [1.165, 1.54) is 0 Å². The van der Waals surface area contributed by atoms with Crippen LogP contribution in [0.15, 0.2) is 48.8 Å². The fraction of sp³-hybridized carbons (Fsp3) is 0.368. The third-order valence-electron chi connectivity index (χ3n) is 4.75. The maximum absolute atomic E-state index is 12.8. The van der Waals surface area contributed by atoms with E-state index in [-0.39, 0.29) is 11.9 Å². The lowest BCUT2D eigenvalue weighted by Crippen LogP contribution is -2.48. The number of hydrogen-bond acceptors (Lipinski definition) is 4. The van der Waals surface area contributed by atoms with E-state index in [0.29, 0.717) is 12.1 Å². The summed E-state index contributed by atoms with van der Waals surface area (Å²) in [6, 6.07) is 10.6.